The molecule has 1 aliphatic heterocycles. The number of hydrogen-bond acceptors (Lipinski definition) is 3. The number of rotatable bonds is 6. The molecule has 1 unspecified atom stereocenters. The molecule has 0 N–H and O–H groups in total. The van der Waals surface area contributed by atoms with Crippen molar-refractivity contribution in [1.82, 2.24) is 4.90 Å². The lowest BCUT2D eigenvalue weighted by Crippen LogP contribution is -2.35. The van der Waals surface area contributed by atoms with Gasteiger partial charge in [-0.2, -0.15) is 0 Å². The van der Waals surface area contributed by atoms with E-state index in [0.29, 0.717) is 18.7 Å². The average Bonchev–Trinajstić information content (AvgIpc) is 3.28. The Morgan fingerprint density at radius 1 is 1.44 bits per heavy atom. The third-order valence-corrected chi connectivity index (χ3v) is 5.40. The summed E-state index contributed by atoms with van der Waals surface area (Å²) in [4.78, 5) is 15.6. The first-order valence-electron chi connectivity index (χ1n) is 8.18. The van der Waals surface area contributed by atoms with Gasteiger partial charge in [0.1, 0.15) is 5.82 Å². The minimum absolute atomic E-state index is 0.0833. The van der Waals surface area contributed by atoms with Gasteiger partial charge in [-0.05, 0) is 48.6 Å². The molecule has 1 atom stereocenters. The van der Waals surface area contributed by atoms with Crippen molar-refractivity contribution in [2.75, 3.05) is 13.2 Å². The predicted octanol–water partition coefficient (Wildman–Crippen LogP) is 4.87. The Balaban J connectivity index is 1.72. The molecule has 0 radical (unpaired) electrons. The third kappa shape index (κ3) is 5.23. The van der Waals surface area contributed by atoms with Gasteiger partial charge in [-0.3, -0.25) is 4.79 Å². The molecule has 3 rings (SSSR count). The fraction of sp³-hybridized carbons (Fsp3) is 0.316. The quantitative estimate of drug-likeness (QED) is 0.620. The molecular formula is C19H19BrFNO2S. The first-order chi connectivity index (χ1) is 12.1. The van der Waals surface area contributed by atoms with Crippen LogP contribution in [0.15, 0.2) is 46.3 Å². The summed E-state index contributed by atoms with van der Waals surface area (Å²) in [5, 5.41) is 2.00. The zero-order valence-corrected chi connectivity index (χ0v) is 16.1. The van der Waals surface area contributed by atoms with E-state index in [-0.39, 0.29) is 17.8 Å². The van der Waals surface area contributed by atoms with E-state index < -0.39 is 0 Å². The molecule has 1 saturated heterocycles. The smallest absolute Gasteiger partial charge is 0.246 e. The van der Waals surface area contributed by atoms with E-state index in [4.69, 9.17) is 4.74 Å². The molecule has 0 aliphatic carbocycles. The molecule has 2 heterocycles. The van der Waals surface area contributed by atoms with Crippen molar-refractivity contribution in [2.24, 2.45) is 0 Å². The van der Waals surface area contributed by atoms with Crippen LogP contribution in [0.5, 0.6) is 0 Å². The van der Waals surface area contributed by atoms with Crippen LogP contribution in [0.25, 0.3) is 6.08 Å². The van der Waals surface area contributed by atoms with Gasteiger partial charge in [0.25, 0.3) is 0 Å². The maximum Gasteiger partial charge on any atom is 0.246 e. The van der Waals surface area contributed by atoms with Crippen LogP contribution in [-0.2, 0) is 16.1 Å². The molecule has 25 heavy (non-hydrogen) atoms. The average molecular weight is 424 g/mol. The zero-order chi connectivity index (χ0) is 17.6. The Morgan fingerprint density at radius 2 is 2.32 bits per heavy atom. The highest BCUT2D eigenvalue weighted by atomic mass is 79.9. The molecule has 1 amide bonds. The van der Waals surface area contributed by atoms with Gasteiger partial charge in [0, 0.05) is 34.1 Å². The minimum Gasteiger partial charge on any atom is -0.376 e. The Labute approximate surface area is 159 Å². The van der Waals surface area contributed by atoms with Gasteiger partial charge in [-0.1, -0.05) is 22.0 Å². The van der Waals surface area contributed by atoms with Crippen molar-refractivity contribution in [2.45, 2.75) is 25.5 Å². The van der Waals surface area contributed by atoms with E-state index in [2.05, 4.69) is 15.9 Å². The second kappa shape index (κ2) is 8.74. The monoisotopic (exact) mass is 423 g/mol. The first-order valence-corrected chi connectivity index (χ1v) is 9.85. The SMILES string of the molecule is O=C(/C=C/c1cc(Br)ccc1F)N(Cc1cccs1)CC1CCCO1. The zero-order valence-electron chi connectivity index (χ0n) is 13.7. The van der Waals surface area contributed by atoms with Gasteiger partial charge in [0.15, 0.2) is 0 Å². The summed E-state index contributed by atoms with van der Waals surface area (Å²) in [6.45, 7) is 1.86. The molecule has 0 bridgehead atoms. The van der Waals surface area contributed by atoms with E-state index in [1.807, 2.05) is 17.5 Å². The second-order valence-electron chi connectivity index (χ2n) is 5.93. The summed E-state index contributed by atoms with van der Waals surface area (Å²) >= 11 is 4.94. The van der Waals surface area contributed by atoms with E-state index in [1.54, 1.807) is 28.4 Å². The summed E-state index contributed by atoms with van der Waals surface area (Å²) in [7, 11) is 0. The van der Waals surface area contributed by atoms with Crippen molar-refractivity contribution in [1.29, 1.82) is 0 Å². The van der Waals surface area contributed by atoms with Crippen LogP contribution in [0.4, 0.5) is 4.39 Å². The number of benzene rings is 1. The predicted molar refractivity (Wildman–Crippen MR) is 102 cm³/mol. The topological polar surface area (TPSA) is 29.5 Å². The third-order valence-electron chi connectivity index (χ3n) is 4.05. The van der Waals surface area contributed by atoms with Gasteiger partial charge in [0.2, 0.25) is 5.91 Å². The van der Waals surface area contributed by atoms with Crippen molar-refractivity contribution < 1.29 is 13.9 Å². The minimum atomic E-state index is -0.351. The van der Waals surface area contributed by atoms with Crippen molar-refractivity contribution in [3.63, 3.8) is 0 Å². The normalized spacial score (nSPS) is 17.3. The number of ether oxygens (including phenoxy) is 1. The van der Waals surface area contributed by atoms with Crippen LogP contribution >= 0.6 is 27.3 Å². The van der Waals surface area contributed by atoms with Crippen LogP contribution in [0, 0.1) is 5.82 Å². The van der Waals surface area contributed by atoms with E-state index in [1.165, 1.54) is 18.2 Å². The molecule has 2 aromatic rings. The highest BCUT2D eigenvalue weighted by Gasteiger charge is 2.22. The van der Waals surface area contributed by atoms with Crippen LogP contribution in [0.3, 0.4) is 0 Å². The van der Waals surface area contributed by atoms with Crippen molar-refractivity contribution in [3.05, 3.63) is 62.5 Å². The highest BCUT2D eigenvalue weighted by molar-refractivity contribution is 9.10. The van der Waals surface area contributed by atoms with Gasteiger partial charge < -0.3 is 9.64 Å². The Hall–Kier alpha value is -1.50. The molecule has 1 aromatic carbocycles. The van der Waals surface area contributed by atoms with E-state index in [9.17, 15) is 9.18 Å². The van der Waals surface area contributed by atoms with E-state index in [0.717, 1.165) is 28.8 Å². The van der Waals surface area contributed by atoms with Crippen molar-refractivity contribution in [3.8, 4) is 0 Å². The summed E-state index contributed by atoms with van der Waals surface area (Å²) in [6.07, 6.45) is 5.05. The molecular weight excluding hydrogens is 405 g/mol. The number of carbonyl (C=O) groups is 1. The first kappa shape index (κ1) is 18.3. The number of halogens is 2. The fourth-order valence-electron chi connectivity index (χ4n) is 2.77. The van der Waals surface area contributed by atoms with Gasteiger partial charge in [-0.25, -0.2) is 4.39 Å². The Bertz CT molecular complexity index is 742. The molecule has 1 aliphatic rings. The summed E-state index contributed by atoms with van der Waals surface area (Å²) in [5.41, 5.74) is 0.385. The van der Waals surface area contributed by atoms with Crippen LogP contribution in [-0.4, -0.2) is 30.1 Å². The van der Waals surface area contributed by atoms with Gasteiger partial charge >= 0.3 is 0 Å². The van der Waals surface area contributed by atoms with Crippen LogP contribution < -0.4 is 0 Å². The lowest BCUT2D eigenvalue weighted by Gasteiger charge is -2.23. The molecule has 3 nitrogen and oxygen atoms in total. The standard InChI is InChI=1S/C19H19BrFNO2S/c20-15-6-7-18(21)14(11-15)5-8-19(23)22(12-16-3-1-9-24-16)13-17-4-2-10-25-17/h2,4-8,10-11,16H,1,3,9,12-13H2/b8-5+. The van der Waals surface area contributed by atoms with Gasteiger partial charge in [-0.15, -0.1) is 11.3 Å². The lowest BCUT2D eigenvalue weighted by molar-refractivity contribution is -0.128. The second-order valence-corrected chi connectivity index (χ2v) is 7.88. The Kier molecular flexibility index (Phi) is 6.39. The fourth-order valence-corrected chi connectivity index (χ4v) is 3.86. The Morgan fingerprint density at radius 3 is 3.04 bits per heavy atom. The molecule has 0 spiro atoms. The number of amides is 1. The molecule has 6 heteroatoms. The molecule has 132 valence electrons. The van der Waals surface area contributed by atoms with Crippen molar-refractivity contribution >= 4 is 39.2 Å². The maximum atomic E-state index is 13.8. The van der Waals surface area contributed by atoms with E-state index >= 15 is 0 Å². The molecule has 1 fully saturated rings. The maximum absolute atomic E-state index is 13.8. The van der Waals surface area contributed by atoms with Gasteiger partial charge in [0.05, 0.1) is 12.6 Å². The molecule has 0 saturated carbocycles. The number of hydrogen-bond donors (Lipinski definition) is 0. The number of carbonyl (C=O) groups excluding carboxylic acids is 1. The molecule has 1 aromatic heterocycles. The number of nitrogens with zero attached hydrogens (tertiary/aromatic N) is 1. The summed E-state index contributed by atoms with van der Waals surface area (Å²) in [5.74, 6) is -0.487. The number of thiophene rings is 1. The van der Waals surface area contributed by atoms with Crippen LogP contribution in [0.1, 0.15) is 23.3 Å². The largest absolute Gasteiger partial charge is 0.376 e. The van der Waals surface area contributed by atoms with Crippen LogP contribution in [0.2, 0.25) is 0 Å². The summed E-state index contributed by atoms with van der Waals surface area (Å²) < 4.78 is 20.3. The highest BCUT2D eigenvalue weighted by Crippen LogP contribution is 2.19. The lowest BCUT2D eigenvalue weighted by atomic mass is 10.2. The summed E-state index contributed by atoms with van der Waals surface area (Å²) in [6, 6.07) is 8.65.